The van der Waals surface area contributed by atoms with Crippen LogP contribution >= 0.6 is 0 Å². The molecule has 0 aliphatic heterocycles. The average molecular weight is 383 g/mol. The second-order valence-electron chi connectivity index (χ2n) is 6.94. The Balaban J connectivity index is 1.64. The molecular weight excluding hydrogens is 354 g/mol. The van der Waals surface area contributed by atoms with Crippen molar-refractivity contribution in [2.45, 2.75) is 44.7 Å². The fourth-order valence-electron chi connectivity index (χ4n) is 2.83. The minimum Gasteiger partial charge on any atom is -0.508 e. The lowest BCUT2D eigenvalue weighted by atomic mass is 10.1. The molecule has 0 bridgehead atoms. The van der Waals surface area contributed by atoms with E-state index >= 15 is 0 Å². The van der Waals surface area contributed by atoms with E-state index in [9.17, 15) is 14.7 Å². The van der Waals surface area contributed by atoms with E-state index in [1.54, 1.807) is 31.2 Å². The summed E-state index contributed by atoms with van der Waals surface area (Å²) in [6.45, 7) is 2.22. The van der Waals surface area contributed by atoms with Crippen molar-refractivity contribution in [1.82, 2.24) is 10.6 Å². The molecule has 2 rings (SSSR count). The molecule has 0 aliphatic carbocycles. The number of carbonyl (C=O) groups is 2. The number of phenolic OH excluding ortho intramolecular Hbond substituents is 1. The standard InChI is InChI=1S/C22H29N3O3/c1-16(21(27)24-14-6-5-9-17-7-3-2-4-8-17)25-22(28)20(23)15-18-10-12-19(26)13-11-18/h2-4,7-8,10-13,16,20,26H,5-6,9,14-15,23H2,1H3,(H,24,27)(H,25,28)/t16-,20+/m1/s1. The topological polar surface area (TPSA) is 104 Å². The monoisotopic (exact) mass is 383 g/mol. The van der Waals surface area contributed by atoms with E-state index in [0.29, 0.717) is 13.0 Å². The van der Waals surface area contributed by atoms with Gasteiger partial charge in [0.05, 0.1) is 6.04 Å². The highest BCUT2D eigenvalue weighted by atomic mass is 16.3. The predicted molar refractivity (Wildman–Crippen MR) is 110 cm³/mol. The van der Waals surface area contributed by atoms with Gasteiger partial charge in [0.25, 0.3) is 0 Å². The summed E-state index contributed by atoms with van der Waals surface area (Å²) >= 11 is 0. The summed E-state index contributed by atoms with van der Waals surface area (Å²) in [5.41, 5.74) is 8.06. The lowest BCUT2D eigenvalue weighted by Crippen LogP contribution is -2.50. The van der Waals surface area contributed by atoms with Crippen molar-refractivity contribution in [3.05, 3.63) is 65.7 Å². The summed E-state index contributed by atoms with van der Waals surface area (Å²) in [6, 6.07) is 15.4. The minimum atomic E-state index is -0.759. The van der Waals surface area contributed by atoms with E-state index in [1.807, 2.05) is 18.2 Å². The van der Waals surface area contributed by atoms with Crippen LogP contribution in [0.2, 0.25) is 0 Å². The zero-order valence-electron chi connectivity index (χ0n) is 16.2. The van der Waals surface area contributed by atoms with E-state index in [1.165, 1.54) is 5.56 Å². The van der Waals surface area contributed by atoms with Crippen molar-refractivity contribution in [2.75, 3.05) is 6.54 Å². The maximum Gasteiger partial charge on any atom is 0.242 e. The molecule has 6 heteroatoms. The molecule has 0 heterocycles. The van der Waals surface area contributed by atoms with Crippen LogP contribution in [0.3, 0.4) is 0 Å². The van der Waals surface area contributed by atoms with E-state index in [0.717, 1.165) is 24.8 Å². The first-order valence-electron chi connectivity index (χ1n) is 9.61. The third-order valence-electron chi connectivity index (χ3n) is 4.52. The Morgan fingerprint density at radius 1 is 0.964 bits per heavy atom. The minimum absolute atomic E-state index is 0.163. The van der Waals surface area contributed by atoms with Crippen LogP contribution in [-0.2, 0) is 22.4 Å². The van der Waals surface area contributed by atoms with Gasteiger partial charge in [-0.05, 0) is 55.9 Å². The van der Waals surface area contributed by atoms with Gasteiger partial charge in [-0.3, -0.25) is 9.59 Å². The van der Waals surface area contributed by atoms with E-state index in [-0.39, 0.29) is 17.6 Å². The first-order valence-corrected chi connectivity index (χ1v) is 9.61. The average Bonchev–Trinajstić information content (AvgIpc) is 2.70. The van der Waals surface area contributed by atoms with Crippen molar-refractivity contribution >= 4 is 11.8 Å². The van der Waals surface area contributed by atoms with Crippen LogP contribution in [0.1, 0.15) is 30.9 Å². The van der Waals surface area contributed by atoms with Crippen LogP contribution in [0.25, 0.3) is 0 Å². The second kappa shape index (κ2) is 11.1. The highest BCUT2D eigenvalue weighted by Crippen LogP contribution is 2.11. The molecule has 0 aliphatic rings. The number of amides is 2. The zero-order valence-corrected chi connectivity index (χ0v) is 16.2. The van der Waals surface area contributed by atoms with Gasteiger partial charge in [-0.2, -0.15) is 0 Å². The van der Waals surface area contributed by atoms with Crippen LogP contribution < -0.4 is 16.4 Å². The maximum absolute atomic E-state index is 12.2. The molecule has 2 aromatic rings. The number of hydrogen-bond donors (Lipinski definition) is 4. The first kappa shape index (κ1) is 21.4. The van der Waals surface area contributed by atoms with Gasteiger partial charge >= 0.3 is 0 Å². The van der Waals surface area contributed by atoms with Gasteiger partial charge in [-0.25, -0.2) is 0 Å². The molecular formula is C22H29N3O3. The second-order valence-corrected chi connectivity index (χ2v) is 6.94. The van der Waals surface area contributed by atoms with Crippen LogP contribution in [-0.4, -0.2) is 35.5 Å². The first-order chi connectivity index (χ1) is 13.5. The molecule has 0 aromatic heterocycles. The number of hydrogen-bond acceptors (Lipinski definition) is 4. The number of aryl methyl sites for hydroxylation is 1. The number of nitrogens with two attached hydrogens (primary N) is 1. The Kier molecular flexibility index (Phi) is 8.49. The number of unbranched alkanes of at least 4 members (excludes halogenated alkanes) is 1. The van der Waals surface area contributed by atoms with Gasteiger partial charge in [-0.15, -0.1) is 0 Å². The summed E-state index contributed by atoms with van der Waals surface area (Å²) in [5, 5.41) is 14.8. The molecule has 0 saturated heterocycles. The molecule has 2 amide bonds. The number of phenols is 1. The molecule has 150 valence electrons. The Morgan fingerprint density at radius 2 is 1.64 bits per heavy atom. The van der Waals surface area contributed by atoms with Crippen LogP contribution in [0, 0.1) is 0 Å². The smallest absolute Gasteiger partial charge is 0.242 e. The number of rotatable bonds is 10. The molecule has 0 unspecified atom stereocenters. The van der Waals surface area contributed by atoms with Gasteiger partial charge < -0.3 is 21.5 Å². The Bertz CT molecular complexity index is 747. The van der Waals surface area contributed by atoms with Crippen molar-refractivity contribution in [3.8, 4) is 5.75 Å². The maximum atomic E-state index is 12.2. The van der Waals surface area contributed by atoms with Gasteiger partial charge in [0, 0.05) is 6.54 Å². The molecule has 0 spiro atoms. The number of nitrogens with one attached hydrogen (secondary N) is 2. The van der Waals surface area contributed by atoms with Gasteiger partial charge in [0.15, 0.2) is 0 Å². The summed E-state index contributed by atoms with van der Waals surface area (Å²) in [7, 11) is 0. The van der Waals surface area contributed by atoms with Crippen LogP contribution in [0.15, 0.2) is 54.6 Å². The number of carbonyl (C=O) groups excluding carboxylic acids is 2. The van der Waals surface area contributed by atoms with Crippen LogP contribution in [0.4, 0.5) is 0 Å². The Hall–Kier alpha value is -2.86. The molecule has 2 atom stereocenters. The fourth-order valence-corrected chi connectivity index (χ4v) is 2.83. The molecule has 5 N–H and O–H groups in total. The summed E-state index contributed by atoms with van der Waals surface area (Å²) in [6.07, 6.45) is 3.18. The summed E-state index contributed by atoms with van der Waals surface area (Å²) in [5.74, 6) is -0.430. The van der Waals surface area contributed by atoms with Crippen LogP contribution in [0.5, 0.6) is 5.75 Å². The van der Waals surface area contributed by atoms with Crippen molar-refractivity contribution in [1.29, 1.82) is 0 Å². The third kappa shape index (κ3) is 7.40. The van der Waals surface area contributed by atoms with Crippen molar-refractivity contribution < 1.29 is 14.7 Å². The van der Waals surface area contributed by atoms with Gasteiger partial charge in [0.1, 0.15) is 11.8 Å². The zero-order chi connectivity index (χ0) is 20.4. The van der Waals surface area contributed by atoms with E-state index < -0.39 is 12.1 Å². The molecule has 0 fully saturated rings. The highest BCUT2D eigenvalue weighted by Gasteiger charge is 2.20. The Morgan fingerprint density at radius 3 is 2.32 bits per heavy atom. The fraction of sp³-hybridized carbons (Fsp3) is 0.364. The van der Waals surface area contributed by atoms with Gasteiger partial charge in [0.2, 0.25) is 11.8 Å². The quantitative estimate of drug-likeness (QED) is 0.470. The normalized spacial score (nSPS) is 12.8. The Labute approximate surface area is 166 Å². The van der Waals surface area contributed by atoms with E-state index in [2.05, 4.69) is 22.8 Å². The van der Waals surface area contributed by atoms with E-state index in [4.69, 9.17) is 5.73 Å². The lowest BCUT2D eigenvalue weighted by molar-refractivity contribution is -0.129. The summed E-state index contributed by atoms with van der Waals surface area (Å²) in [4.78, 5) is 24.3. The molecule has 0 saturated carbocycles. The lowest BCUT2D eigenvalue weighted by Gasteiger charge is -2.17. The van der Waals surface area contributed by atoms with Crippen molar-refractivity contribution in [2.24, 2.45) is 5.73 Å². The number of benzene rings is 2. The summed E-state index contributed by atoms with van der Waals surface area (Å²) < 4.78 is 0. The third-order valence-corrected chi connectivity index (χ3v) is 4.52. The molecule has 0 radical (unpaired) electrons. The predicted octanol–water partition coefficient (Wildman–Crippen LogP) is 1.91. The highest BCUT2D eigenvalue weighted by molar-refractivity contribution is 5.89. The van der Waals surface area contributed by atoms with Crippen molar-refractivity contribution in [3.63, 3.8) is 0 Å². The molecule has 6 nitrogen and oxygen atoms in total. The largest absolute Gasteiger partial charge is 0.508 e. The SMILES string of the molecule is C[C@@H](NC(=O)[C@@H](N)Cc1ccc(O)cc1)C(=O)NCCCCc1ccccc1. The molecule has 28 heavy (non-hydrogen) atoms. The van der Waals surface area contributed by atoms with Gasteiger partial charge in [-0.1, -0.05) is 42.5 Å². The molecule has 2 aromatic carbocycles. The number of aromatic hydroxyl groups is 1.